The second-order valence-corrected chi connectivity index (χ2v) is 6.29. The maximum Gasteiger partial charge on any atom is 0.335 e. The van der Waals surface area contributed by atoms with E-state index in [4.69, 9.17) is 5.11 Å². The van der Waals surface area contributed by atoms with E-state index in [2.05, 4.69) is 5.32 Å². The molecule has 4 nitrogen and oxygen atoms in total. The molecule has 0 radical (unpaired) electrons. The summed E-state index contributed by atoms with van der Waals surface area (Å²) in [7, 11) is 0. The number of hydrogen-bond acceptors (Lipinski definition) is 3. The first-order chi connectivity index (χ1) is 9.85. The molecule has 21 heavy (non-hydrogen) atoms. The summed E-state index contributed by atoms with van der Waals surface area (Å²) in [6.07, 6.45) is 1.85. The molecular weight excluding hydrogens is 293 g/mol. The third kappa shape index (κ3) is 5.38. The second-order valence-electron chi connectivity index (χ2n) is 4.91. The maximum absolute atomic E-state index is 13.7. The lowest BCUT2D eigenvalue weighted by Gasteiger charge is -2.17. The molecule has 1 rings (SSSR count). The van der Waals surface area contributed by atoms with E-state index in [1.807, 2.05) is 13.8 Å². The molecule has 0 heterocycles. The molecule has 0 bridgehead atoms. The van der Waals surface area contributed by atoms with Crippen molar-refractivity contribution < 1.29 is 19.1 Å². The zero-order chi connectivity index (χ0) is 16.0. The summed E-state index contributed by atoms with van der Waals surface area (Å²) in [6, 6.07) is 3.63. The molecule has 0 aliphatic rings. The molecule has 2 unspecified atom stereocenters. The minimum atomic E-state index is -1.12. The van der Waals surface area contributed by atoms with Crippen LogP contribution >= 0.6 is 11.8 Å². The molecule has 116 valence electrons. The molecule has 0 aliphatic heterocycles. The van der Waals surface area contributed by atoms with Crippen molar-refractivity contribution in [3.63, 3.8) is 0 Å². The molecular formula is C15H20FNO3S. The second kappa shape index (κ2) is 8.02. The van der Waals surface area contributed by atoms with Gasteiger partial charge in [0.1, 0.15) is 5.82 Å². The van der Waals surface area contributed by atoms with E-state index in [1.165, 1.54) is 12.1 Å². The number of carboxylic acids is 1. The Labute approximate surface area is 128 Å². The van der Waals surface area contributed by atoms with Crippen molar-refractivity contribution in [1.82, 2.24) is 5.32 Å². The lowest BCUT2D eigenvalue weighted by molar-refractivity contribution is -0.120. The third-order valence-electron chi connectivity index (χ3n) is 2.96. The highest BCUT2D eigenvalue weighted by molar-refractivity contribution is 8.00. The molecule has 2 atom stereocenters. The Hall–Kier alpha value is -1.56. The van der Waals surface area contributed by atoms with Crippen molar-refractivity contribution in [1.29, 1.82) is 0 Å². The fraction of sp³-hybridized carbons (Fsp3) is 0.467. The molecule has 1 aromatic carbocycles. The van der Waals surface area contributed by atoms with Gasteiger partial charge in [0.05, 0.1) is 10.8 Å². The highest BCUT2D eigenvalue weighted by Crippen LogP contribution is 2.27. The molecule has 0 fully saturated rings. The van der Waals surface area contributed by atoms with E-state index in [-0.39, 0.29) is 22.4 Å². The van der Waals surface area contributed by atoms with E-state index in [9.17, 15) is 14.0 Å². The molecule has 1 amide bonds. The number of carbonyl (C=O) groups is 2. The van der Waals surface area contributed by atoms with Crippen molar-refractivity contribution in [2.45, 2.75) is 49.8 Å². The Morgan fingerprint density at radius 3 is 2.62 bits per heavy atom. The summed E-state index contributed by atoms with van der Waals surface area (Å²) in [5.74, 6) is -1.82. The van der Waals surface area contributed by atoms with Gasteiger partial charge in [-0.25, -0.2) is 9.18 Å². The summed E-state index contributed by atoms with van der Waals surface area (Å²) in [4.78, 5) is 23.0. The molecule has 0 saturated heterocycles. The number of aromatic carboxylic acids is 1. The zero-order valence-electron chi connectivity index (χ0n) is 12.4. The zero-order valence-corrected chi connectivity index (χ0v) is 13.2. The standard InChI is InChI=1S/C15H20FNO3S/c1-4-5-9(2)17-14(18)10(3)21-13-8-11(15(19)20)6-7-12(13)16/h6-10H,4-5H2,1-3H3,(H,17,18)(H,19,20). The van der Waals surface area contributed by atoms with Gasteiger partial charge in [0, 0.05) is 10.9 Å². The fourth-order valence-electron chi connectivity index (χ4n) is 1.84. The predicted octanol–water partition coefficient (Wildman–Crippen LogP) is 3.31. The van der Waals surface area contributed by atoms with Gasteiger partial charge in [0.15, 0.2) is 0 Å². The molecule has 1 aromatic rings. The van der Waals surface area contributed by atoms with Crippen molar-refractivity contribution in [2.75, 3.05) is 0 Å². The van der Waals surface area contributed by atoms with Crippen LogP contribution in [-0.2, 0) is 4.79 Å². The van der Waals surface area contributed by atoms with E-state index < -0.39 is 17.0 Å². The summed E-state index contributed by atoms with van der Waals surface area (Å²) in [5.41, 5.74) is 0.00543. The van der Waals surface area contributed by atoms with E-state index in [0.717, 1.165) is 30.7 Å². The average Bonchev–Trinajstić information content (AvgIpc) is 2.40. The van der Waals surface area contributed by atoms with Gasteiger partial charge in [0.2, 0.25) is 5.91 Å². The topological polar surface area (TPSA) is 66.4 Å². The Morgan fingerprint density at radius 1 is 1.38 bits per heavy atom. The van der Waals surface area contributed by atoms with Gasteiger partial charge in [0.25, 0.3) is 0 Å². The van der Waals surface area contributed by atoms with Crippen LogP contribution in [0.1, 0.15) is 44.0 Å². The van der Waals surface area contributed by atoms with Crippen molar-refractivity contribution in [3.05, 3.63) is 29.6 Å². The van der Waals surface area contributed by atoms with Gasteiger partial charge < -0.3 is 10.4 Å². The molecule has 6 heteroatoms. The SMILES string of the molecule is CCCC(C)NC(=O)C(C)Sc1cc(C(=O)O)ccc1F. The van der Waals surface area contributed by atoms with Crippen LogP contribution in [0.2, 0.25) is 0 Å². The van der Waals surface area contributed by atoms with Crippen LogP contribution in [0.15, 0.2) is 23.1 Å². The predicted molar refractivity (Wildman–Crippen MR) is 81.2 cm³/mol. The first-order valence-corrected chi connectivity index (χ1v) is 7.73. The highest BCUT2D eigenvalue weighted by Gasteiger charge is 2.19. The van der Waals surface area contributed by atoms with Crippen LogP contribution in [0.3, 0.4) is 0 Å². The van der Waals surface area contributed by atoms with Gasteiger partial charge in [-0.3, -0.25) is 4.79 Å². The number of halogens is 1. The Bertz CT molecular complexity index is 522. The van der Waals surface area contributed by atoms with Crippen LogP contribution in [-0.4, -0.2) is 28.3 Å². The molecule has 0 aromatic heterocycles. The lowest BCUT2D eigenvalue weighted by atomic mass is 10.2. The Morgan fingerprint density at radius 2 is 2.05 bits per heavy atom. The monoisotopic (exact) mass is 313 g/mol. The third-order valence-corrected chi connectivity index (χ3v) is 4.10. The van der Waals surface area contributed by atoms with Gasteiger partial charge in [-0.1, -0.05) is 13.3 Å². The van der Waals surface area contributed by atoms with Crippen LogP contribution < -0.4 is 5.32 Å². The Kier molecular flexibility index (Phi) is 6.68. The average molecular weight is 313 g/mol. The minimum absolute atomic E-state index is 0.00543. The van der Waals surface area contributed by atoms with Gasteiger partial charge in [-0.2, -0.15) is 0 Å². The summed E-state index contributed by atoms with van der Waals surface area (Å²) in [5, 5.41) is 11.3. The number of carbonyl (C=O) groups excluding carboxylic acids is 1. The minimum Gasteiger partial charge on any atom is -0.478 e. The number of benzene rings is 1. The van der Waals surface area contributed by atoms with Gasteiger partial charge in [-0.15, -0.1) is 11.8 Å². The highest BCUT2D eigenvalue weighted by atomic mass is 32.2. The van der Waals surface area contributed by atoms with Crippen molar-refractivity contribution in [3.8, 4) is 0 Å². The lowest BCUT2D eigenvalue weighted by Crippen LogP contribution is -2.37. The van der Waals surface area contributed by atoms with Gasteiger partial charge >= 0.3 is 5.97 Å². The number of nitrogens with one attached hydrogen (secondary N) is 1. The summed E-state index contributed by atoms with van der Waals surface area (Å²) >= 11 is 1.02. The van der Waals surface area contributed by atoms with Gasteiger partial charge in [-0.05, 0) is 38.5 Å². The summed E-state index contributed by atoms with van der Waals surface area (Å²) in [6.45, 7) is 5.63. The van der Waals surface area contributed by atoms with E-state index >= 15 is 0 Å². The first kappa shape index (κ1) is 17.5. The maximum atomic E-state index is 13.7. The number of amides is 1. The normalized spacial score (nSPS) is 13.5. The van der Waals surface area contributed by atoms with Crippen molar-refractivity contribution in [2.24, 2.45) is 0 Å². The number of rotatable bonds is 7. The number of carboxylic acid groups (broad SMARTS) is 1. The smallest absolute Gasteiger partial charge is 0.335 e. The molecule has 0 spiro atoms. The number of thioether (sulfide) groups is 1. The number of hydrogen-bond donors (Lipinski definition) is 2. The van der Waals surface area contributed by atoms with E-state index in [0.29, 0.717) is 0 Å². The Balaban J connectivity index is 2.73. The van der Waals surface area contributed by atoms with Crippen LogP contribution in [0.25, 0.3) is 0 Å². The van der Waals surface area contributed by atoms with Crippen LogP contribution in [0, 0.1) is 5.82 Å². The first-order valence-electron chi connectivity index (χ1n) is 6.85. The molecule has 2 N–H and O–H groups in total. The van der Waals surface area contributed by atoms with Crippen molar-refractivity contribution >= 4 is 23.6 Å². The summed E-state index contributed by atoms with van der Waals surface area (Å²) < 4.78 is 13.7. The molecule has 0 saturated carbocycles. The largest absolute Gasteiger partial charge is 0.478 e. The van der Waals surface area contributed by atoms with Crippen LogP contribution in [0.4, 0.5) is 4.39 Å². The quantitative estimate of drug-likeness (QED) is 0.758. The molecule has 0 aliphatic carbocycles. The van der Waals surface area contributed by atoms with E-state index in [1.54, 1.807) is 6.92 Å². The van der Waals surface area contributed by atoms with Crippen LogP contribution in [0.5, 0.6) is 0 Å². The fourth-order valence-corrected chi connectivity index (χ4v) is 2.77.